The van der Waals surface area contributed by atoms with Crippen LogP contribution in [0.2, 0.25) is 0 Å². The van der Waals surface area contributed by atoms with Gasteiger partial charge in [-0.2, -0.15) is 0 Å². The first kappa shape index (κ1) is 19.4. The van der Waals surface area contributed by atoms with Crippen molar-refractivity contribution in [3.8, 4) is 0 Å². The summed E-state index contributed by atoms with van der Waals surface area (Å²) in [6.07, 6.45) is 5.15. The van der Waals surface area contributed by atoms with Crippen LogP contribution in [0.5, 0.6) is 0 Å². The second-order valence-corrected chi connectivity index (χ2v) is 9.54. The third-order valence-corrected chi connectivity index (χ3v) is 7.63. The van der Waals surface area contributed by atoms with Crippen LogP contribution in [0.15, 0.2) is 41.8 Å². The Morgan fingerprint density at radius 1 is 1.23 bits per heavy atom. The van der Waals surface area contributed by atoms with Crippen LogP contribution in [0, 0.1) is 0 Å². The minimum atomic E-state index is -0.992. The maximum atomic E-state index is 13.8. The molecule has 3 heterocycles. The minimum Gasteiger partial charge on any atom is -0.351 e. The van der Waals surface area contributed by atoms with Gasteiger partial charge in [0.2, 0.25) is 5.91 Å². The number of aromatic nitrogens is 1. The molecule has 1 saturated carbocycles. The lowest BCUT2D eigenvalue weighted by molar-refractivity contribution is -0.127. The molecule has 156 valence electrons. The summed E-state index contributed by atoms with van der Waals surface area (Å²) in [5.74, 6) is -0.160. The van der Waals surface area contributed by atoms with Gasteiger partial charge in [0.05, 0.1) is 6.54 Å². The van der Waals surface area contributed by atoms with Crippen LogP contribution in [0.1, 0.15) is 55.6 Å². The molecule has 30 heavy (non-hydrogen) atoms. The number of nitrogens with one attached hydrogen (secondary N) is 1. The Bertz CT molecular complexity index is 1120. The molecule has 3 aromatic rings. The molecule has 0 spiro atoms. The van der Waals surface area contributed by atoms with Crippen molar-refractivity contribution in [1.82, 2.24) is 9.88 Å². The highest BCUT2D eigenvalue weighted by atomic mass is 32.1. The highest BCUT2D eigenvalue weighted by molar-refractivity contribution is 7.16. The molecule has 1 aliphatic heterocycles. The van der Waals surface area contributed by atoms with Gasteiger partial charge in [0.15, 0.2) is 0 Å². The topological polar surface area (TPSA) is 54.3 Å². The zero-order chi connectivity index (χ0) is 20.9. The number of amides is 2. The average Bonchev–Trinajstić information content (AvgIpc) is 3.47. The number of thiophene rings is 1. The SMILES string of the molecule is CCc1ccccc1N1C(=O)c2cc3ccsc3n2CC1(C)C(=O)NC1CCCC1. The molecule has 1 unspecified atom stereocenters. The Hall–Kier alpha value is -2.60. The molecule has 0 radical (unpaired) electrons. The number of hydrogen-bond donors (Lipinski definition) is 1. The van der Waals surface area contributed by atoms with E-state index in [1.54, 1.807) is 16.2 Å². The van der Waals surface area contributed by atoms with Gasteiger partial charge in [0, 0.05) is 17.1 Å². The molecule has 5 nitrogen and oxygen atoms in total. The van der Waals surface area contributed by atoms with Crippen molar-refractivity contribution in [3.63, 3.8) is 0 Å². The molecule has 1 atom stereocenters. The van der Waals surface area contributed by atoms with Gasteiger partial charge >= 0.3 is 0 Å². The molecule has 6 heteroatoms. The van der Waals surface area contributed by atoms with Crippen LogP contribution in [-0.2, 0) is 17.8 Å². The molecule has 2 aromatic heterocycles. The van der Waals surface area contributed by atoms with Crippen molar-refractivity contribution in [2.45, 2.75) is 64.1 Å². The van der Waals surface area contributed by atoms with Crippen LogP contribution in [0.4, 0.5) is 5.69 Å². The van der Waals surface area contributed by atoms with Gasteiger partial charge in [-0.15, -0.1) is 11.3 Å². The van der Waals surface area contributed by atoms with E-state index in [9.17, 15) is 9.59 Å². The van der Waals surface area contributed by atoms with Gasteiger partial charge in [-0.1, -0.05) is 38.0 Å². The maximum Gasteiger partial charge on any atom is 0.275 e. The molecule has 0 bridgehead atoms. The number of carbonyl (C=O) groups is 2. The highest BCUT2D eigenvalue weighted by Crippen LogP contribution is 2.39. The molecule has 1 fully saturated rings. The van der Waals surface area contributed by atoms with Gasteiger partial charge in [-0.25, -0.2) is 0 Å². The Kier molecular flexibility index (Phi) is 4.69. The molecule has 0 saturated heterocycles. The fraction of sp³-hybridized carbons (Fsp3) is 0.417. The molecule has 2 aliphatic rings. The summed E-state index contributed by atoms with van der Waals surface area (Å²) < 4.78 is 2.04. The first-order valence-corrected chi connectivity index (χ1v) is 11.7. The third kappa shape index (κ3) is 2.88. The number of benzene rings is 1. The van der Waals surface area contributed by atoms with Crippen LogP contribution < -0.4 is 10.2 Å². The van der Waals surface area contributed by atoms with E-state index in [0.29, 0.717) is 12.2 Å². The average molecular weight is 422 g/mol. The molecule has 1 aromatic carbocycles. The van der Waals surface area contributed by atoms with Gasteiger partial charge < -0.3 is 9.88 Å². The number of rotatable bonds is 4. The Morgan fingerprint density at radius 2 is 2.00 bits per heavy atom. The second kappa shape index (κ2) is 7.27. The van der Waals surface area contributed by atoms with E-state index in [-0.39, 0.29) is 17.9 Å². The number of fused-ring (bicyclic) bond motifs is 3. The van der Waals surface area contributed by atoms with Crippen molar-refractivity contribution in [3.05, 3.63) is 53.0 Å². The zero-order valence-corrected chi connectivity index (χ0v) is 18.3. The van der Waals surface area contributed by atoms with Crippen molar-refractivity contribution < 1.29 is 9.59 Å². The van der Waals surface area contributed by atoms with Crippen molar-refractivity contribution >= 4 is 39.1 Å². The number of hydrogen-bond acceptors (Lipinski definition) is 3. The summed E-state index contributed by atoms with van der Waals surface area (Å²) >= 11 is 1.62. The number of carbonyl (C=O) groups excluding carboxylic acids is 2. The normalized spacial score (nSPS) is 21.9. The van der Waals surface area contributed by atoms with E-state index in [4.69, 9.17) is 0 Å². The fourth-order valence-electron chi connectivity index (χ4n) is 5.01. The molecular weight excluding hydrogens is 394 g/mol. The Morgan fingerprint density at radius 3 is 2.77 bits per heavy atom. The molecule has 2 amide bonds. The Labute approximate surface area is 180 Å². The number of para-hydroxylation sites is 1. The van der Waals surface area contributed by atoms with Gasteiger partial charge in [0.1, 0.15) is 16.1 Å². The highest BCUT2D eigenvalue weighted by Gasteiger charge is 2.49. The van der Waals surface area contributed by atoms with E-state index in [1.165, 1.54) is 0 Å². The van der Waals surface area contributed by atoms with Crippen LogP contribution in [-0.4, -0.2) is 28.0 Å². The van der Waals surface area contributed by atoms with Crippen LogP contribution >= 0.6 is 11.3 Å². The van der Waals surface area contributed by atoms with E-state index in [2.05, 4.69) is 12.2 Å². The van der Waals surface area contributed by atoms with E-state index >= 15 is 0 Å². The molecular formula is C24H27N3O2S. The van der Waals surface area contributed by atoms with Crippen molar-refractivity contribution in [2.24, 2.45) is 0 Å². The quantitative estimate of drug-likeness (QED) is 0.661. The van der Waals surface area contributed by atoms with Crippen molar-refractivity contribution in [1.29, 1.82) is 0 Å². The lowest BCUT2D eigenvalue weighted by atomic mass is 9.92. The maximum absolute atomic E-state index is 13.8. The lowest BCUT2D eigenvalue weighted by Crippen LogP contribution is -2.65. The van der Waals surface area contributed by atoms with Crippen LogP contribution in [0.25, 0.3) is 10.2 Å². The number of nitrogens with zero attached hydrogens (tertiary/aromatic N) is 2. The summed E-state index contributed by atoms with van der Waals surface area (Å²) in [5, 5.41) is 6.37. The van der Waals surface area contributed by atoms with E-state index < -0.39 is 5.54 Å². The first-order chi connectivity index (χ1) is 14.5. The smallest absolute Gasteiger partial charge is 0.275 e. The standard InChI is InChI=1S/C24H27N3O2S/c1-3-16-8-4-7-11-19(16)27-21(28)20-14-17-12-13-30-22(17)26(20)15-24(27,2)23(29)25-18-9-5-6-10-18/h4,7-8,11-14,18H,3,5-6,9-10,15H2,1-2H3,(H,25,29). The van der Waals surface area contributed by atoms with Gasteiger partial charge in [0.25, 0.3) is 5.91 Å². The van der Waals surface area contributed by atoms with E-state index in [0.717, 1.165) is 53.6 Å². The van der Waals surface area contributed by atoms with Crippen molar-refractivity contribution in [2.75, 3.05) is 4.90 Å². The minimum absolute atomic E-state index is 0.0577. The Balaban J connectivity index is 1.65. The second-order valence-electron chi connectivity index (χ2n) is 8.65. The van der Waals surface area contributed by atoms with Gasteiger partial charge in [-0.05, 0) is 55.3 Å². The zero-order valence-electron chi connectivity index (χ0n) is 17.5. The molecule has 5 rings (SSSR count). The molecule has 1 N–H and O–H groups in total. The first-order valence-electron chi connectivity index (χ1n) is 10.8. The number of anilines is 1. The monoisotopic (exact) mass is 421 g/mol. The largest absolute Gasteiger partial charge is 0.351 e. The predicted molar refractivity (Wildman–Crippen MR) is 121 cm³/mol. The number of aryl methyl sites for hydroxylation is 1. The summed E-state index contributed by atoms with van der Waals surface area (Å²) in [5.41, 5.74) is 1.58. The lowest BCUT2D eigenvalue weighted by Gasteiger charge is -2.45. The summed E-state index contributed by atoms with van der Waals surface area (Å²) in [7, 11) is 0. The summed E-state index contributed by atoms with van der Waals surface area (Å²) in [6.45, 7) is 4.46. The van der Waals surface area contributed by atoms with E-state index in [1.807, 2.05) is 53.3 Å². The molecule has 1 aliphatic carbocycles. The predicted octanol–water partition coefficient (Wildman–Crippen LogP) is 4.74. The summed E-state index contributed by atoms with van der Waals surface area (Å²) in [4.78, 5) is 30.4. The van der Waals surface area contributed by atoms with Crippen LogP contribution in [0.3, 0.4) is 0 Å². The van der Waals surface area contributed by atoms with Gasteiger partial charge in [-0.3, -0.25) is 14.5 Å². The third-order valence-electron chi connectivity index (χ3n) is 6.68. The summed E-state index contributed by atoms with van der Waals surface area (Å²) in [6, 6.07) is 12.2. The fourth-order valence-corrected chi connectivity index (χ4v) is 5.91.